The van der Waals surface area contributed by atoms with E-state index >= 15 is 0 Å². The highest BCUT2D eigenvalue weighted by atomic mass is 35.5. The summed E-state index contributed by atoms with van der Waals surface area (Å²) in [6.45, 7) is 3.81. The van der Waals surface area contributed by atoms with E-state index in [4.69, 9.17) is 11.6 Å². The topological polar surface area (TPSA) is 49.4 Å². The molecule has 138 valence electrons. The third kappa shape index (κ3) is 5.70. The van der Waals surface area contributed by atoms with Gasteiger partial charge in [0.25, 0.3) is 5.91 Å². The van der Waals surface area contributed by atoms with Crippen LogP contribution in [0.25, 0.3) is 0 Å². The van der Waals surface area contributed by atoms with Crippen molar-refractivity contribution in [1.29, 1.82) is 0 Å². The molecule has 1 aliphatic rings. The third-order valence-corrected chi connectivity index (χ3v) is 4.88. The number of unbranched alkanes of at least 4 members (excludes halogenated alkanes) is 3. The summed E-state index contributed by atoms with van der Waals surface area (Å²) in [6.07, 6.45) is 6.01. The molecule has 4 nitrogen and oxygen atoms in total. The lowest BCUT2D eigenvalue weighted by Crippen LogP contribution is -2.45. The largest absolute Gasteiger partial charge is 0.356 e. The van der Waals surface area contributed by atoms with Gasteiger partial charge in [-0.3, -0.25) is 9.59 Å². The molecule has 2 rings (SSSR count). The van der Waals surface area contributed by atoms with Crippen molar-refractivity contribution in [2.24, 2.45) is 5.92 Å². The molecule has 1 aliphatic heterocycles. The molecule has 2 amide bonds. The van der Waals surface area contributed by atoms with E-state index in [0.29, 0.717) is 19.6 Å². The van der Waals surface area contributed by atoms with Crippen LogP contribution in [0.3, 0.4) is 0 Å². The second kappa shape index (κ2) is 9.76. The lowest BCUT2D eigenvalue weighted by Gasteiger charge is -2.32. The van der Waals surface area contributed by atoms with Crippen molar-refractivity contribution in [1.82, 2.24) is 10.2 Å². The van der Waals surface area contributed by atoms with Crippen molar-refractivity contribution in [2.75, 3.05) is 19.6 Å². The first-order chi connectivity index (χ1) is 12.0. The van der Waals surface area contributed by atoms with E-state index in [0.717, 1.165) is 31.7 Å². The normalized spacial score (nSPS) is 17.4. The van der Waals surface area contributed by atoms with Crippen molar-refractivity contribution < 1.29 is 14.0 Å². The van der Waals surface area contributed by atoms with E-state index in [2.05, 4.69) is 12.2 Å². The Labute approximate surface area is 153 Å². The molecule has 1 saturated heterocycles. The summed E-state index contributed by atoms with van der Waals surface area (Å²) < 4.78 is 13.2. The fraction of sp³-hybridized carbons (Fsp3) is 0.579. The zero-order chi connectivity index (χ0) is 18.2. The van der Waals surface area contributed by atoms with Gasteiger partial charge >= 0.3 is 0 Å². The van der Waals surface area contributed by atoms with E-state index in [9.17, 15) is 14.0 Å². The minimum absolute atomic E-state index is 0.0131. The Hall–Kier alpha value is -1.62. The summed E-state index contributed by atoms with van der Waals surface area (Å²) in [5, 5.41) is 3.08. The number of piperidine rings is 1. The second-order valence-electron chi connectivity index (χ2n) is 6.57. The van der Waals surface area contributed by atoms with E-state index in [1.807, 2.05) is 0 Å². The van der Waals surface area contributed by atoms with Crippen LogP contribution in [-0.4, -0.2) is 36.3 Å². The summed E-state index contributed by atoms with van der Waals surface area (Å²) >= 11 is 5.99. The van der Waals surface area contributed by atoms with Gasteiger partial charge in [-0.15, -0.1) is 0 Å². The number of rotatable bonds is 7. The maximum atomic E-state index is 13.2. The number of amides is 2. The second-order valence-corrected chi connectivity index (χ2v) is 6.97. The van der Waals surface area contributed by atoms with Gasteiger partial charge in [0.2, 0.25) is 5.91 Å². The van der Waals surface area contributed by atoms with E-state index in [1.165, 1.54) is 25.0 Å². The van der Waals surface area contributed by atoms with Crippen LogP contribution in [0.1, 0.15) is 55.8 Å². The van der Waals surface area contributed by atoms with Gasteiger partial charge in [0, 0.05) is 19.6 Å². The molecule has 6 heteroatoms. The molecule has 1 aromatic carbocycles. The Balaban J connectivity index is 1.89. The summed E-state index contributed by atoms with van der Waals surface area (Å²) in [6, 6.07) is 3.76. The van der Waals surface area contributed by atoms with E-state index < -0.39 is 5.82 Å². The molecule has 1 unspecified atom stereocenters. The molecule has 0 spiro atoms. The standard InChI is InChI=1S/C19H26ClFN2O2/c1-2-3-4-5-10-22-18(24)14-7-6-11-23(13-14)19(25)16-9-8-15(21)12-17(16)20/h8-9,12,14H,2-7,10-11,13H2,1H3,(H,22,24). The SMILES string of the molecule is CCCCCCNC(=O)C1CCCN(C(=O)c2ccc(F)cc2Cl)C1. The number of likely N-dealkylation sites (tertiary alicyclic amines) is 1. The number of benzene rings is 1. The molecule has 1 N–H and O–H groups in total. The zero-order valence-corrected chi connectivity index (χ0v) is 15.4. The highest BCUT2D eigenvalue weighted by Gasteiger charge is 2.29. The van der Waals surface area contributed by atoms with Crippen LogP contribution in [0, 0.1) is 11.7 Å². The zero-order valence-electron chi connectivity index (χ0n) is 14.7. The van der Waals surface area contributed by atoms with Crippen molar-refractivity contribution in [3.8, 4) is 0 Å². The molecule has 0 radical (unpaired) electrons. The lowest BCUT2D eigenvalue weighted by atomic mass is 9.96. The summed E-state index contributed by atoms with van der Waals surface area (Å²) in [5.74, 6) is -0.895. The molecule has 0 bridgehead atoms. The first-order valence-corrected chi connectivity index (χ1v) is 9.42. The number of carbonyl (C=O) groups is 2. The van der Waals surface area contributed by atoms with Crippen LogP contribution in [0.15, 0.2) is 18.2 Å². The van der Waals surface area contributed by atoms with Gasteiger partial charge in [0.05, 0.1) is 16.5 Å². The number of carbonyl (C=O) groups excluding carboxylic acids is 2. The minimum atomic E-state index is -0.472. The molecule has 0 aliphatic carbocycles. The quantitative estimate of drug-likeness (QED) is 0.739. The van der Waals surface area contributed by atoms with Crippen molar-refractivity contribution in [3.05, 3.63) is 34.6 Å². The van der Waals surface area contributed by atoms with Crippen molar-refractivity contribution in [3.63, 3.8) is 0 Å². The predicted octanol–water partition coefficient (Wildman–Crippen LogP) is 4.03. The van der Waals surface area contributed by atoms with Gasteiger partial charge in [-0.2, -0.15) is 0 Å². The molecule has 25 heavy (non-hydrogen) atoms. The Kier molecular flexibility index (Phi) is 7.69. The summed E-state index contributed by atoms with van der Waals surface area (Å²) in [4.78, 5) is 26.6. The van der Waals surface area contributed by atoms with Gasteiger partial charge in [-0.25, -0.2) is 4.39 Å². The Morgan fingerprint density at radius 3 is 2.84 bits per heavy atom. The molecule has 1 heterocycles. The van der Waals surface area contributed by atoms with Crippen molar-refractivity contribution in [2.45, 2.75) is 45.4 Å². The third-order valence-electron chi connectivity index (χ3n) is 4.57. The minimum Gasteiger partial charge on any atom is -0.356 e. The predicted molar refractivity (Wildman–Crippen MR) is 97.2 cm³/mol. The monoisotopic (exact) mass is 368 g/mol. The number of halogens is 2. The first-order valence-electron chi connectivity index (χ1n) is 9.05. The molecule has 1 atom stereocenters. The van der Waals surface area contributed by atoms with Crippen molar-refractivity contribution >= 4 is 23.4 Å². The molecule has 0 saturated carbocycles. The molecule has 1 fully saturated rings. The molecule has 0 aromatic heterocycles. The fourth-order valence-corrected chi connectivity index (χ4v) is 3.36. The average Bonchev–Trinajstić information content (AvgIpc) is 2.61. The number of hydrogen-bond donors (Lipinski definition) is 1. The molecule has 1 aromatic rings. The maximum Gasteiger partial charge on any atom is 0.255 e. The maximum absolute atomic E-state index is 13.2. The highest BCUT2D eigenvalue weighted by Crippen LogP contribution is 2.23. The first kappa shape index (κ1) is 19.7. The molecular weight excluding hydrogens is 343 g/mol. The number of hydrogen-bond acceptors (Lipinski definition) is 2. The Morgan fingerprint density at radius 1 is 1.32 bits per heavy atom. The van der Waals surface area contributed by atoms with Gasteiger partial charge in [-0.05, 0) is 37.5 Å². The van der Waals surface area contributed by atoms with Gasteiger partial charge in [0.15, 0.2) is 0 Å². The van der Waals surface area contributed by atoms with Crippen LogP contribution in [-0.2, 0) is 4.79 Å². The summed E-state index contributed by atoms with van der Waals surface area (Å²) in [5.41, 5.74) is 0.281. The van der Waals surface area contributed by atoms with Crippen LogP contribution in [0.4, 0.5) is 4.39 Å². The Morgan fingerprint density at radius 2 is 2.12 bits per heavy atom. The van der Waals surface area contributed by atoms with Crippen LogP contribution < -0.4 is 5.32 Å². The van der Waals surface area contributed by atoms with Crippen LogP contribution >= 0.6 is 11.6 Å². The molecular formula is C19H26ClFN2O2. The number of nitrogens with one attached hydrogen (secondary N) is 1. The van der Waals surface area contributed by atoms with Gasteiger partial charge in [-0.1, -0.05) is 37.8 Å². The highest BCUT2D eigenvalue weighted by molar-refractivity contribution is 6.33. The van der Waals surface area contributed by atoms with Crippen LogP contribution in [0.2, 0.25) is 5.02 Å². The van der Waals surface area contributed by atoms with E-state index in [1.54, 1.807) is 4.90 Å². The van der Waals surface area contributed by atoms with Gasteiger partial charge in [0.1, 0.15) is 5.82 Å². The fourth-order valence-electron chi connectivity index (χ4n) is 3.12. The smallest absolute Gasteiger partial charge is 0.255 e. The summed E-state index contributed by atoms with van der Waals surface area (Å²) in [7, 11) is 0. The number of nitrogens with zero attached hydrogens (tertiary/aromatic N) is 1. The Bertz CT molecular complexity index is 609. The van der Waals surface area contributed by atoms with Crippen LogP contribution in [0.5, 0.6) is 0 Å². The lowest BCUT2D eigenvalue weighted by molar-refractivity contribution is -0.126. The van der Waals surface area contributed by atoms with E-state index in [-0.39, 0.29) is 28.3 Å². The van der Waals surface area contributed by atoms with Gasteiger partial charge < -0.3 is 10.2 Å². The average molecular weight is 369 g/mol.